The van der Waals surface area contributed by atoms with Crippen molar-refractivity contribution in [3.8, 4) is 0 Å². The molecule has 0 saturated carbocycles. The smallest absolute Gasteiger partial charge is 0.230 e. The van der Waals surface area contributed by atoms with Crippen LogP contribution in [0.4, 0.5) is 10.1 Å². The van der Waals surface area contributed by atoms with Crippen LogP contribution < -0.4 is 5.32 Å². The molecule has 2 amide bonds. The predicted molar refractivity (Wildman–Crippen MR) is 77.6 cm³/mol. The fourth-order valence-electron chi connectivity index (χ4n) is 2.64. The second-order valence-corrected chi connectivity index (χ2v) is 5.31. The lowest BCUT2D eigenvalue weighted by molar-refractivity contribution is -0.134. The van der Waals surface area contributed by atoms with Crippen LogP contribution in [0.25, 0.3) is 0 Å². The summed E-state index contributed by atoms with van der Waals surface area (Å²) in [5, 5.41) is 2.60. The molecule has 1 aromatic carbocycles. The predicted octanol–water partition coefficient (Wildman–Crippen LogP) is 2.50. The van der Waals surface area contributed by atoms with E-state index in [9.17, 15) is 14.0 Å². The van der Waals surface area contributed by atoms with E-state index >= 15 is 0 Å². The Hall–Kier alpha value is -2.63. The number of benzene rings is 1. The fourth-order valence-corrected chi connectivity index (χ4v) is 2.64. The van der Waals surface area contributed by atoms with E-state index < -0.39 is 11.7 Å². The van der Waals surface area contributed by atoms with E-state index in [0.717, 1.165) is 0 Å². The number of rotatable bonds is 3. The maximum Gasteiger partial charge on any atom is 0.230 e. The Morgan fingerprint density at radius 3 is 3.00 bits per heavy atom. The Bertz CT molecular complexity index is 712. The van der Waals surface area contributed by atoms with Gasteiger partial charge in [-0.15, -0.1) is 0 Å². The molecule has 1 aliphatic heterocycles. The van der Waals surface area contributed by atoms with Crippen molar-refractivity contribution in [2.75, 3.05) is 12.4 Å². The number of anilines is 1. The van der Waals surface area contributed by atoms with Crippen LogP contribution in [-0.2, 0) is 16.1 Å². The first-order valence-corrected chi connectivity index (χ1v) is 6.91. The highest BCUT2D eigenvalue weighted by molar-refractivity contribution is 6.01. The summed E-state index contributed by atoms with van der Waals surface area (Å²) in [5.74, 6) is -0.877. The molecule has 1 aliphatic rings. The van der Waals surface area contributed by atoms with E-state index in [-0.39, 0.29) is 18.2 Å². The normalized spacial score (nSPS) is 16.8. The average Bonchev–Trinajstić information content (AvgIpc) is 2.98. The van der Waals surface area contributed by atoms with Crippen molar-refractivity contribution in [1.29, 1.82) is 0 Å². The number of amides is 2. The topological polar surface area (TPSA) is 62.6 Å². The Morgan fingerprint density at radius 2 is 2.27 bits per heavy atom. The van der Waals surface area contributed by atoms with Gasteiger partial charge in [0, 0.05) is 19.2 Å². The SMILES string of the molecule is CN(Cc1ccco1)C(=O)[C@@H]1CC(=O)Nc2cc(F)ccc21. The van der Waals surface area contributed by atoms with E-state index in [1.807, 2.05) is 0 Å². The molecule has 2 aromatic rings. The summed E-state index contributed by atoms with van der Waals surface area (Å²) in [6.45, 7) is 0.320. The Labute approximate surface area is 126 Å². The molecule has 1 N–H and O–H groups in total. The van der Waals surface area contributed by atoms with Gasteiger partial charge in [0.05, 0.1) is 18.7 Å². The first kappa shape index (κ1) is 14.3. The minimum absolute atomic E-state index is 0.0555. The number of likely N-dealkylation sites (N-methyl/N-ethyl adjacent to an activating group) is 1. The van der Waals surface area contributed by atoms with Gasteiger partial charge in [-0.1, -0.05) is 6.07 Å². The minimum atomic E-state index is -0.607. The van der Waals surface area contributed by atoms with Gasteiger partial charge in [0.15, 0.2) is 0 Å². The number of halogens is 1. The van der Waals surface area contributed by atoms with Crippen LogP contribution in [0.15, 0.2) is 41.0 Å². The molecular weight excluding hydrogens is 287 g/mol. The summed E-state index contributed by atoms with van der Waals surface area (Å²) in [7, 11) is 1.65. The molecule has 3 rings (SSSR count). The number of carbonyl (C=O) groups is 2. The lowest BCUT2D eigenvalue weighted by atomic mass is 9.89. The highest BCUT2D eigenvalue weighted by Gasteiger charge is 2.32. The third-order valence-corrected chi connectivity index (χ3v) is 3.70. The van der Waals surface area contributed by atoms with Crippen LogP contribution in [0.2, 0.25) is 0 Å². The maximum absolute atomic E-state index is 13.3. The van der Waals surface area contributed by atoms with Crippen molar-refractivity contribution >= 4 is 17.5 Å². The van der Waals surface area contributed by atoms with Crippen molar-refractivity contribution in [3.05, 3.63) is 53.7 Å². The first-order chi connectivity index (χ1) is 10.5. The summed E-state index contributed by atoms with van der Waals surface area (Å²) < 4.78 is 18.5. The molecule has 6 heteroatoms. The average molecular weight is 302 g/mol. The first-order valence-electron chi connectivity index (χ1n) is 6.91. The lowest BCUT2D eigenvalue weighted by Crippen LogP contribution is -2.36. The van der Waals surface area contributed by atoms with Gasteiger partial charge in [-0.25, -0.2) is 4.39 Å². The van der Waals surface area contributed by atoms with Gasteiger partial charge in [-0.05, 0) is 29.8 Å². The number of fused-ring (bicyclic) bond motifs is 1. The number of nitrogens with zero attached hydrogens (tertiary/aromatic N) is 1. The van der Waals surface area contributed by atoms with Gasteiger partial charge in [0.2, 0.25) is 11.8 Å². The highest BCUT2D eigenvalue weighted by atomic mass is 19.1. The number of carbonyl (C=O) groups excluding carboxylic acids is 2. The second-order valence-electron chi connectivity index (χ2n) is 5.31. The maximum atomic E-state index is 13.3. The molecule has 0 fully saturated rings. The van der Waals surface area contributed by atoms with E-state index in [4.69, 9.17) is 4.42 Å². The Kier molecular flexibility index (Phi) is 3.66. The molecule has 0 spiro atoms. The lowest BCUT2D eigenvalue weighted by Gasteiger charge is -2.28. The zero-order valence-electron chi connectivity index (χ0n) is 12.0. The van der Waals surface area contributed by atoms with Gasteiger partial charge >= 0.3 is 0 Å². The highest BCUT2D eigenvalue weighted by Crippen LogP contribution is 2.34. The van der Waals surface area contributed by atoms with Crippen LogP contribution in [-0.4, -0.2) is 23.8 Å². The molecule has 1 atom stereocenters. The van der Waals surface area contributed by atoms with Crippen LogP contribution in [0.3, 0.4) is 0 Å². The third-order valence-electron chi connectivity index (χ3n) is 3.70. The third kappa shape index (κ3) is 2.72. The monoisotopic (exact) mass is 302 g/mol. The molecule has 114 valence electrons. The Balaban J connectivity index is 1.85. The zero-order chi connectivity index (χ0) is 15.7. The quantitative estimate of drug-likeness (QED) is 0.947. The zero-order valence-corrected chi connectivity index (χ0v) is 12.0. The van der Waals surface area contributed by atoms with Crippen molar-refractivity contribution in [3.63, 3.8) is 0 Å². The molecule has 0 saturated heterocycles. The van der Waals surface area contributed by atoms with Crippen molar-refractivity contribution < 1.29 is 18.4 Å². The van der Waals surface area contributed by atoms with Crippen molar-refractivity contribution in [2.45, 2.75) is 18.9 Å². The van der Waals surface area contributed by atoms with Crippen LogP contribution in [0.5, 0.6) is 0 Å². The largest absolute Gasteiger partial charge is 0.467 e. The standard InChI is InChI=1S/C16H15FN2O3/c1-19(9-11-3-2-6-22-11)16(21)13-8-15(20)18-14-7-10(17)4-5-12(13)14/h2-7,13H,8-9H2,1H3,(H,18,20)/t13-/m1/s1. The molecule has 0 unspecified atom stereocenters. The van der Waals surface area contributed by atoms with Gasteiger partial charge in [-0.3, -0.25) is 9.59 Å². The number of furan rings is 1. The molecule has 5 nitrogen and oxygen atoms in total. The van der Waals surface area contributed by atoms with Crippen LogP contribution in [0, 0.1) is 5.82 Å². The molecular formula is C16H15FN2O3. The number of hydrogen-bond donors (Lipinski definition) is 1. The second kappa shape index (κ2) is 5.63. The van der Waals surface area contributed by atoms with E-state index in [2.05, 4.69) is 5.32 Å². The number of nitrogens with one attached hydrogen (secondary N) is 1. The number of hydrogen-bond acceptors (Lipinski definition) is 3. The van der Waals surface area contributed by atoms with Crippen LogP contribution in [0.1, 0.15) is 23.7 Å². The molecule has 0 bridgehead atoms. The van der Waals surface area contributed by atoms with Crippen LogP contribution >= 0.6 is 0 Å². The molecule has 0 aliphatic carbocycles. The van der Waals surface area contributed by atoms with Crippen molar-refractivity contribution in [2.24, 2.45) is 0 Å². The van der Waals surface area contributed by atoms with Gasteiger partial charge < -0.3 is 14.6 Å². The Morgan fingerprint density at radius 1 is 1.45 bits per heavy atom. The molecule has 22 heavy (non-hydrogen) atoms. The summed E-state index contributed by atoms with van der Waals surface area (Å²) in [4.78, 5) is 25.9. The van der Waals surface area contributed by atoms with Crippen molar-refractivity contribution in [1.82, 2.24) is 4.90 Å². The summed E-state index contributed by atoms with van der Waals surface area (Å²) in [6, 6.07) is 7.61. The van der Waals surface area contributed by atoms with E-state index in [1.165, 1.54) is 17.0 Å². The summed E-state index contributed by atoms with van der Waals surface area (Å²) in [5.41, 5.74) is 0.998. The molecule has 1 aromatic heterocycles. The molecule has 2 heterocycles. The summed E-state index contributed by atoms with van der Waals surface area (Å²) in [6.07, 6.45) is 1.60. The molecule has 0 radical (unpaired) electrons. The van der Waals surface area contributed by atoms with Gasteiger partial charge in [0.1, 0.15) is 11.6 Å². The van der Waals surface area contributed by atoms with E-state index in [1.54, 1.807) is 31.5 Å². The minimum Gasteiger partial charge on any atom is -0.467 e. The van der Waals surface area contributed by atoms with Gasteiger partial charge in [0.25, 0.3) is 0 Å². The fraction of sp³-hybridized carbons (Fsp3) is 0.250. The van der Waals surface area contributed by atoms with Gasteiger partial charge in [-0.2, -0.15) is 0 Å². The van der Waals surface area contributed by atoms with E-state index in [0.29, 0.717) is 23.6 Å². The summed E-state index contributed by atoms with van der Waals surface area (Å²) >= 11 is 0.